The largest absolute Gasteiger partial charge is 0.497 e. The fraction of sp³-hybridized carbons (Fsp3) is 0.235. The van der Waals surface area contributed by atoms with Crippen molar-refractivity contribution in [3.8, 4) is 5.75 Å². The Balaban J connectivity index is 1.66. The van der Waals surface area contributed by atoms with Gasteiger partial charge in [-0.1, -0.05) is 24.3 Å². The van der Waals surface area contributed by atoms with Crippen LogP contribution in [0.1, 0.15) is 11.1 Å². The molecule has 1 aliphatic rings. The smallest absolute Gasteiger partial charge is 0.195 e. The average Bonchev–Trinajstić information content (AvgIpc) is 3.02. The number of nitrogens with one attached hydrogen (secondary N) is 2. The zero-order valence-corrected chi connectivity index (χ0v) is 12.1. The second-order valence-corrected chi connectivity index (χ2v) is 5.01. The van der Waals surface area contributed by atoms with Crippen LogP contribution in [-0.4, -0.2) is 26.2 Å². The van der Waals surface area contributed by atoms with Crippen molar-refractivity contribution >= 4 is 11.6 Å². The number of rotatable bonds is 4. The molecule has 0 bridgehead atoms. The van der Waals surface area contributed by atoms with E-state index in [0.717, 1.165) is 36.9 Å². The SMILES string of the molecule is COc1cccc(Cc2ccc(NC3=NCCN3)cc2)c1. The van der Waals surface area contributed by atoms with Crippen LogP contribution >= 0.6 is 0 Å². The molecule has 0 atom stereocenters. The van der Waals surface area contributed by atoms with Crippen LogP contribution in [-0.2, 0) is 6.42 Å². The maximum atomic E-state index is 5.26. The van der Waals surface area contributed by atoms with E-state index >= 15 is 0 Å². The van der Waals surface area contributed by atoms with Gasteiger partial charge in [0, 0.05) is 12.2 Å². The summed E-state index contributed by atoms with van der Waals surface area (Å²) in [5.74, 6) is 1.76. The minimum Gasteiger partial charge on any atom is -0.497 e. The summed E-state index contributed by atoms with van der Waals surface area (Å²) in [5.41, 5.74) is 3.57. The van der Waals surface area contributed by atoms with Crippen LogP contribution < -0.4 is 15.4 Å². The van der Waals surface area contributed by atoms with E-state index < -0.39 is 0 Å². The Morgan fingerprint density at radius 2 is 2.00 bits per heavy atom. The molecule has 0 radical (unpaired) electrons. The number of nitrogens with zero attached hydrogens (tertiary/aromatic N) is 1. The number of hydrogen-bond donors (Lipinski definition) is 2. The number of aliphatic imine (C=N–C) groups is 1. The zero-order valence-electron chi connectivity index (χ0n) is 12.1. The maximum absolute atomic E-state index is 5.26. The van der Waals surface area contributed by atoms with Gasteiger partial charge in [0.25, 0.3) is 0 Å². The van der Waals surface area contributed by atoms with Gasteiger partial charge in [-0.2, -0.15) is 0 Å². The first-order chi connectivity index (χ1) is 10.3. The molecule has 0 aliphatic carbocycles. The molecule has 0 saturated heterocycles. The Morgan fingerprint density at radius 3 is 2.71 bits per heavy atom. The molecular weight excluding hydrogens is 262 g/mol. The lowest BCUT2D eigenvalue weighted by atomic mass is 10.0. The first-order valence-electron chi connectivity index (χ1n) is 7.11. The van der Waals surface area contributed by atoms with Crippen molar-refractivity contribution in [2.75, 3.05) is 25.5 Å². The molecule has 0 amide bonds. The molecule has 0 aromatic heterocycles. The Hall–Kier alpha value is -2.49. The van der Waals surface area contributed by atoms with Gasteiger partial charge in [0.15, 0.2) is 5.96 Å². The zero-order chi connectivity index (χ0) is 14.5. The Kier molecular flexibility index (Phi) is 4.05. The normalized spacial score (nSPS) is 13.5. The molecule has 1 aliphatic heterocycles. The summed E-state index contributed by atoms with van der Waals surface area (Å²) in [6.45, 7) is 1.76. The third-order valence-corrected chi connectivity index (χ3v) is 3.43. The van der Waals surface area contributed by atoms with Crippen LogP contribution in [0.15, 0.2) is 53.5 Å². The van der Waals surface area contributed by atoms with Crippen molar-refractivity contribution < 1.29 is 4.74 Å². The molecule has 2 aromatic carbocycles. The second-order valence-electron chi connectivity index (χ2n) is 5.01. The van der Waals surface area contributed by atoms with Gasteiger partial charge in [-0.25, -0.2) is 0 Å². The van der Waals surface area contributed by atoms with E-state index in [4.69, 9.17) is 4.74 Å². The highest BCUT2D eigenvalue weighted by Gasteiger charge is 2.04. The fourth-order valence-corrected chi connectivity index (χ4v) is 2.34. The van der Waals surface area contributed by atoms with Crippen molar-refractivity contribution in [2.45, 2.75) is 6.42 Å². The Labute approximate surface area is 124 Å². The van der Waals surface area contributed by atoms with Crippen LogP contribution in [0.3, 0.4) is 0 Å². The number of guanidine groups is 1. The highest BCUT2D eigenvalue weighted by atomic mass is 16.5. The summed E-state index contributed by atoms with van der Waals surface area (Å²) < 4.78 is 5.26. The molecule has 108 valence electrons. The van der Waals surface area contributed by atoms with Crippen molar-refractivity contribution in [1.82, 2.24) is 5.32 Å². The number of hydrogen-bond acceptors (Lipinski definition) is 4. The number of ether oxygens (including phenoxy) is 1. The van der Waals surface area contributed by atoms with Gasteiger partial charge < -0.3 is 15.4 Å². The van der Waals surface area contributed by atoms with E-state index in [0.29, 0.717) is 0 Å². The van der Waals surface area contributed by atoms with E-state index in [-0.39, 0.29) is 0 Å². The molecule has 1 heterocycles. The van der Waals surface area contributed by atoms with Gasteiger partial charge in [-0.3, -0.25) is 4.99 Å². The average molecular weight is 281 g/mol. The van der Waals surface area contributed by atoms with Gasteiger partial charge >= 0.3 is 0 Å². The van der Waals surface area contributed by atoms with E-state index in [9.17, 15) is 0 Å². The highest BCUT2D eigenvalue weighted by molar-refractivity contribution is 5.94. The lowest BCUT2D eigenvalue weighted by Gasteiger charge is -2.08. The minimum atomic E-state index is 0.844. The van der Waals surface area contributed by atoms with Gasteiger partial charge in [0.2, 0.25) is 0 Å². The molecule has 0 saturated carbocycles. The summed E-state index contributed by atoms with van der Waals surface area (Å²) in [6, 6.07) is 16.6. The standard InChI is InChI=1S/C17H19N3O/c1-21-16-4-2-3-14(12-16)11-13-5-7-15(8-6-13)20-17-18-9-10-19-17/h2-8,12H,9-11H2,1H3,(H2,18,19,20). The van der Waals surface area contributed by atoms with Crippen LogP contribution in [0.4, 0.5) is 5.69 Å². The second kappa shape index (κ2) is 6.31. The third-order valence-electron chi connectivity index (χ3n) is 3.43. The van der Waals surface area contributed by atoms with Crippen LogP contribution in [0.25, 0.3) is 0 Å². The van der Waals surface area contributed by atoms with Crippen molar-refractivity contribution in [2.24, 2.45) is 4.99 Å². The molecule has 2 aromatic rings. The number of methoxy groups -OCH3 is 1. The van der Waals surface area contributed by atoms with Crippen molar-refractivity contribution in [3.05, 3.63) is 59.7 Å². The predicted octanol–water partition coefficient (Wildman–Crippen LogP) is 2.66. The van der Waals surface area contributed by atoms with Gasteiger partial charge in [-0.05, 0) is 41.8 Å². The Bertz CT molecular complexity index is 635. The van der Waals surface area contributed by atoms with E-state index in [1.807, 2.05) is 12.1 Å². The molecule has 4 heteroatoms. The first kappa shape index (κ1) is 13.5. The summed E-state index contributed by atoms with van der Waals surface area (Å²) in [5, 5.41) is 6.47. The topological polar surface area (TPSA) is 45.6 Å². The van der Waals surface area contributed by atoms with Gasteiger partial charge in [0.05, 0.1) is 13.7 Å². The monoisotopic (exact) mass is 281 g/mol. The third kappa shape index (κ3) is 3.54. The van der Waals surface area contributed by atoms with Crippen LogP contribution in [0.5, 0.6) is 5.75 Å². The molecule has 0 fully saturated rings. The molecule has 3 rings (SSSR count). The molecule has 0 spiro atoms. The van der Waals surface area contributed by atoms with Crippen LogP contribution in [0, 0.1) is 0 Å². The lowest BCUT2D eigenvalue weighted by Crippen LogP contribution is -2.26. The molecule has 0 unspecified atom stereocenters. The quantitative estimate of drug-likeness (QED) is 0.905. The van der Waals surface area contributed by atoms with E-state index in [1.165, 1.54) is 11.1 Å². The summed E-state index contributed by atoms with van der Waals surface area (Å²) in [6.07, 6.45) is 0.899. The summed E-state index contributed by atoms with van der Waals surface area (Å²) in [7, 11) is 1.69. The van der Waals surface area contributed by atoms with Gasteiger partial charge in [0.1, 0.15) is 5.75 Å². The molecular formula is C17H19N3O. The predicted molar refractivity (Wildman–Crippen MR) is 86.2 cm³/mol. The Morgan fingerprint density at radius 1 is 1.14 bits per heavy atom. The molecule has 21 heavy (non-hydrogen) atoms. The number of benzene rings is 2. The van der Waals surface area contributed by atoms with Gasteiger partial charge in [-0.15, -0.1) is 0 Å². The fourth-order valence-electron chi connectivity index (χ4n) is 2.34. The van der Waals surface area contributed by atoms with E-state index in [1.54, 1.807) is 7.11 Å². The van der Waals surface area contributed by atoms with Crippen LogP contribution in [0.2, 0.25) is 0 Å². The summed E-state index contributed by atoms with van der Waals surface area (Å²) in [4.78, 5) is 4.32. The minimum absolute atomic E-state index is 0.844. The molecule has 2 N–H and O–H groups in total. The summed E-state index contributed by atoms with van der Waals surface area (Å²) >= 11 is 0. The lowest BCUT2D eigenvalue weighted by molar-refractivity contribution is 0.414. The number of anilines is 1. The highest BCUT2D eigenvalue weighted by Crippen LogP contribution is 2.17. The van der Waals surface area contributed by atoms with E-state index in [2.05, 4.69) is 52.0 Å². The molecule has 4 nitrogen and oxygen atoms in total. The first-order valence-corrected chi connectivity index (χ1v) is 7.11. The van der Waals surface area contributed by atoms with Crippen molar-refractivity contribution in [3.63, 3.8) is 0 Å². The maximum Gasteiger partial charge on any atom is 0.195 e. The van der Waals surface area contributed by atoms with Crippen molar-refractivity contribution in [1.29, 1.82) is 0 Å².